The highest BCUT2D eigenvalue weighted by molar-refractivity contribution is 9.10. The first kappa shape index (κ1) is 13.5. The molecular weight excluding hydrogens is 310 g/mol. The minimum atomic E-state index is -0.989. The number of nitrogens with zero attached hydrogens (tertiary/aromatic N) is 2. The molecule has 0 aliphatic carbocycles. The van der Waals surface area contributed by atoms with Crippen molar-refractivity contribution in [2.24, 2.45) is 0 Å². The third-order valence-corrected chi connectivity index (χ3v) is 3.13. The molecule has 0 atom stereocenters. The molecule has 0 saturated heterocycles. The first-order valence-corrected chi connectivity index (χ1v) is 6.37. The molecule has 1 heterocycles. The highest BCUT2D eigenvalue weighted by Gasteiger charge is 2.09. The summed E-state index contributed by atoms with van der Waals surface area (Å²) in [7, 11) is 0. The van der Waals surface area contributed by atoms with Gasteiger partial charge in [-0.05, 0) is 54.0 Å². The number of nitrogens with one attached hydrogen (secondary N) is 1. The summed E-state index contributed by atoms with van der Waals surface area (Å²) >= 11 is 3.20. The summed E-state index contributed by atoms with van der Waals surface area (Å²) in [5.41, 5.74) is 2.52. The van der Waals surface area contributed by atoms with E-state index in [0.29, 0.717) is 16.1 Å². The number of aryl methyl sites for hydroxylation is 2. The second-order valence-corrected chi connectivity index (χ2v) is 4.95. The monoisotopic (exact) mass is 321 g/mol. The average Bonchev–Trinajstić information content (AvgIpc) is 2.30. The van der Waals surface area contributed by atoms with Gasteiger partial charge in [-0.3, -0.25) is 0 Å². The van der Waals surface area contributed by atoms with E-state index in [1.807, 2.05) is 19.9 Å². The summed E-state index contributed by atoms with van der Waals surface area (Å²) in [6.45, 7) is 3.76. The van der Waals surface area contributed by atoms with E-state index in [4.69, 9.17) is 5.11 Å². The summed E-state index contributed by atoms with van der Waals surface area (Å²) in [6.07, 6.45) is 0. The van der Waals surface area contributed by atoms with E-state index >= 15 is 0 Å². The molecule has 0 amide bonds. The zero-order valence-corrected chi connectivity index (χ0v) is 12.0. The molecule has 5 nitrogen and oxygen atoms in total. The van der Waals surface area contributed by atoms with Gasteiger partial charge in [0.15, 0.2) is 0 Å². The summed E-state index contributed by atoms with van der Waals surface area (Å²) in [6, 6.07) is 6.84. The molecule has 6 heteroatoms. The van der Waals surface area contributed by atoms with E-state index < -0.39 is 5.97 Å². The number of rotatable bonds is 3. The number of hydrogen-bond acceptors (Lipinski definition) is 4. The van der Waals surface area contributed by atoms with Crippen LogP contribution in [0.25, 0.3) is 0 Å². The van der Waals surface area contributed by atoms with Crippen molar-refractivity contribution in [3.63, 3.8) is 0 Å². The van der Waals surface area contributed by atoms with Gasteiger partial charge >= 0.3 is 5.97 Å². The van der Waals surface area contributed by atoms with E-state index in [0.717, 1.165) is 11.4 Å². The van der Waals surface area contributed by atoms with Crippen LogP contribution in [0.2, 0.25) is 0 Å². The number of aromatic nitrogens is 2. The molecule has 98 valence electrons. The molecule has 0 aliphatic heterocycles. The Hall–Kier alpha value is -1.95. The van der Waals surface area contributed by atoms with E-state index in [2.05, 4.69) is 31.2 Å². The first-order valence-electron chi connectivity index (χ1n) is 5.58. The second kappa shape index (κ2) is 5.36. The van der Waals surface area contributed by atoms with Crippen molar-refractivity contribution in [2.75, 3.05) is 5.32 Å². The molecule has 19 heavy (non-hydrogen) atoms. The maximum absolute atomic E-state index is 11.0. The van der Waals surface area contributed by atoms with E-state index in [-0.39, 0.29) is 5.56 Å². The molecule has 0 unspecified atom stereocenters. The maximum Gasteiger partial charge on any atom is 0.336 e. The average molecular weight is 322 g/mol. The fourth-order valence-corrected chi connectivity index (χ4v) is 2.09. The van der Waals surface area contributed by atoms with Crippen LogP contribution in [0, 0.1) is 13.8 Å². The molecule has 2 rings (SSSR count). The van der Waals surface area contributed by atoms with Crippen LogP contribution in [0.1, 0.15) is 21.7 Å². The number of halogens is 1. The van der Waals surface area contributed by atoms with Crippen molar-refractivity contribution in [3.8, 4) is 0 Å². The molecule has 1 aromatic carbocycles. The summed E-state index contributed by atoms with van der Waals surface area (Å²) in [5, 5.41) is 12.1. The van der Waals surface area contributed by atoms with Gasteiger partial charge in [0.05, 0.1) is 5.56 Å². The molecule has 1 aromatic heterocycles. The van der Waals surface area contributed by atoms with Gasteiger partial charge in [0.1, 0.15) is 0 Å². The number of benzene rings is 1. The zero-order valence-electron chi connectivity index (χ0n) is 10.4. The maximum atomic E-state index is 11.0. The predicted octanol–water partition coefficient (Wildman–Crippen LogP) is 3.30. The molecule has 2 aromatic rings. The fourth-order valence-electron chi connectivity index (χ4n) is 1.68. The minimum Gasteiger partial charge on any atom is -0.478 e. The number of carboxylic acids is 1. The molecule has 0 radical (unpaired) electrons. The van der Waals surface area contributed by atoms with Gasteiger partial charge in [-0.1, -0.05) is 0 Å². The number of carbonyl (C=O) groups is 1. The van der Waals surface area contributed by atoms with Crippen molar-refractivity contribution >= 4 is 33.5 Å². The van der Waals surface area contributed by atoms with E-state index in [1.165, 1.54) is 6.07 Å². The minimum absolute atomic E-state index is 0.189. The Morgan fingerprint density at radius 1 is 1.21 bits per heavy atom. The first-order chi connectivity index (χ1) is 8.95. The number of carboxylic acid groups (broad SMARTS) is 1. The normalized spacial score (nSPS) is 10.3. The lowest BCUT2D eigenvalue weighted by Crippen LogP contribution is -2.02. The van der Waals surface area contributed by atoms with Crippen LogP contribution in [0.5, 0.6) is 0 Å². The third kappa shape index (κ3) is 3.29. The highest BCUT2D eigenvalue weighted by atomic mass is 79.9. The van der Waals surface area contributed by atoms with Gasteiger partial charge < -0.3 is 10.4 Å². The van der Waals surface area contributed by atoms with Crippen LogP contribution in [0.3, 0.4) is 0 Å². The predicted molar refractivity (Wildman–Crippen MR) is 75.9 cm³/mol. The zero-order chi connectivity index (χ0) is 14.0. The third-order valence-electron chi connectivity index (χ3n) is 2.44. The molecular formula is C13H12BrN3O2. The second-order valence-electron chi connectivity index (χ2n) is 4.10. The number of hydrogen-bond donors (Lipinski definition) is 2. The van der Waals surface area contributed by atoms with Crippen LogP contribution >= 0.6 is 15.9 Å². The Kier molecular flexibility index (Phi) is 3.80. The topological polar surface area (TPSA) is 75.1 Å². The SMILES string of the molecule is Cc1cc(C)nc(Nc2ccc(Br)c(C(=O)O)c2)n1. The van der Waals surface area contributed by atoms with Gasteiger partial charge in [0, 0.05) is 21.5 Å². The highest BCUT2D eigenvalue weighted by Crippen LogP contribution is 2.22. The summed E-state index contributed by atoms with van der Waals surface area (Å²) in [5.74, 6) is -0.534. The van der Waals surface area contributed by atoms with Gasteiger partial charge in [-0.2, -0.15) is 0 Å². The fraction of sp³-hybridized carbons (Fsp3) is 0.154. The lowest BCUT2D eigenvalue weighted by molar-refractivity contribution is 0.0696. The Balaban J connectivity index is 2.33. The number of aromatic carboxylic acids is 1. The lowest BCUT2D eigenvalue weighted by atomic mass is 10.2. The Morgan fingerprint density at radius 2 is 1.84 bits per heavy atom. The summed E-state index contributed by atoms with van der Waals surface area (Å²) < 4.78 is 0.534. The van der Waals surface area contributed by atoms with Crippen LogP contribution in [0.4, 0.5) is 11.6 Å². The van der Waals surface area contributed by atoms with Crippen molar-refractivity contribution < 1.29 is 9.90 Å². The summed E-state index contributed by atoms with van der Waals surface area (Å²) in [4.78, 5) is 19.5. The van der Waals surface area contributed by atoms with Crippen LogP contribution < -0.4 is 5.32 Å². The quantitative estimate of drug-likeness (QED) is 0.907. The Labute approximate surface area is 118 Å². The molecule has 0 saturated carbocycles. The smallest absolute Gasteiger partial charge is 0.336 e. The van der Waals surface area contributed by atoms with Gasteiger partial charge in [-0.15, -0.1) is 0 Å². The molecule has 0 aliphatic rings. The van der Waals surface area contributed by atoms with Crippen LogP contribution in [-0.2, 0) is 0 Å². The van der Waals surface area contributed by atoms with Crippen LogP contribution in [-0.4, -0.2) is 21.0 Å². The van der Waals surface area contributed by atoms with E-state index in [1.54, 1.807) is 12.1 Å². The molecule has 0 bridgehead atoms. The number of anilines is 2. The Morgan fingerprint density at radius 3 is 2.42 bits per heavy atom. The van der Waals surface area contributed by atoms with Crippen molar-refractivity contribution in [3.05, 3.63) is 45.7 Å². The van der Waals surface area contributed by atoms with Crippen molar-refractivity contribution in [1.82, 2.24) is 9.97 Å². The largest absolute Gasteiger partial charge is 0.478 e. The lowest BCUT2D eigenvalue weighted by Gasteiger charge is -2.08. The van der Waals surface area contributed by atoms with Crippen molar-refractivity contribution in [1.29, 1.82) is 0 Å². The van der Waals surface area contributed by atoms with Gasteiger partial charge in [0.2, 0.25) is 5.95 Å². The van der Waals surface area contributed by atoms with Gasteiger partial charge in [0.25, 0.3) is 0 Å². The van der Waals surface area contributed by atoms with Gasteiger partial charge in [-0.25, -0.2) is 14.8 Å². The van der Waals surface area contributed by atoms with E-state index in [9.17, 15) is 4.79 Å². The van der Waals surface area contributed by atoms with Crippen molar-refractivity contribution in [2.45, 2.75) is 13.8 Å². The standard InChI is InChI=1S/C13H12BrN3O2/c1-7-5-8(2)16-13(15-7)17-9-3-4-11(14)10(6-9)12(18)19/h3-6H,1-2H3,(H,18,19)(H,15,16,17). The van der Waals surface area contributed by atoms with Crippen LogP contribution in [0.15, 0.2) is 28.7 Å². The molecule has 0 fully saturated rings. The Bertz CT molecular complexity index is 624. The molecule has 0 spiro atoms. The molecule has 2 N–H and O–H groups in total.